The third-order valence-corrected chi connectivity index (χ3v) is 5.06. The predicted molar refractivity (Wildman–Crippen MR) is 126 cm³/mol. The number of carbonyl (C=O) groups is 1. The fraction of sp³-hybridized carbons (Fsp3) is 0.154. The van der Waals surface area contributed by atoms with Gasteiger partial charge in [-0.15, -0.1) is 0 Å². The Hall–Kier alpha value is -4.06. The maximum absolute atomic E-state index is 12.4. The first-order valence-electron chi connectivity index (χ1n) is 10.5. The van der Waals surface area contributed by atoms with Crippen molar-refractivity contribution in [2.45, 2.75) is 20.5 Å². The largest absolute Gasteiger partial charge is 0.494 e. The molecule has 6 nitrogen and oxygen atoms in total. The molecule has 6 heteroatoms. The van der Waals surface area contributed by atoms with E-state index in [-0.39, 0.29) is 5.91 Å². The zero-order chi connectivity index (χ0) is 22.3. The first-order valence-corrected chi connectivity index (χ1v) is 10.5. The average Bonchev–Trinajstić information content (AvgIpc) is 3.14. The number of nitrogens with zero attached hydrogens (tertiary/aromatic N) is 1. The summed E-state index contributed by atoms with van der Waals surface area (Å²) in [5, 5.41) is 5.21. The number of hydrogen-bond acceptors (Lipinski definition) is 4. The van der Waals surface area contributed by atoms with Crippen LogP contribution in [0.1, 0.15) is 34.1 Å². The molecule has 0 spiro atoms. The Labute approximate surface area is 186 Å². The van der Waals surface area contributed by atoms with Crippen molar-refractivity contribution >= 4 is 23.0 Å². The van der Waals surface area contributed by atoms with Crippen LogP contribution in [0.2, 0.25) is 0 Å². The van der Waals surface area contributed by atoms with Gasteiger partial charge in [0.05, 0.1) is 12.8 Å². The molecule has 162 valence electrons. The number of rotatable bonds is 8. The summed E-state index contributed by atoms with van der Waals surface area (Å²) in [4.78, 5) is 15.7. The number of aromatic nitrogens is 1. The molecule has 1 heterocycles. The van der Waals surface area contributed by atoms with Gasteiger partial charge in [0.25, 0.3) is 5.91 Å². The number of aromatic amines is 1. The van der Waals surface area contributed by atoms with Crippen LogP contribution in [-0.4, -0.2) is 23.7 Å². The SMILES string of the molecule is CCOc1ccc(OCc2ccc(C(=O)NN=Cc3c(C)[nH]c4ccccc34)cc2)cc1. The Balaban J connectivity index is 1.32. The number of H-pyrrole nitrogens is 1. The highest BCUT2D eigenvalue weighted by Crippen LogP contribution is 2.20. The summed E-state index contributed by atoms with van der Waals surface area (Å²) in [7, 11) is 0. The van der Waals surface area contributed by atoms with E-state index >= 15 is 0 Å². The summed E-state index contributed by atoms with van der Waals surface area (Å²) in [5.74, 6) is 1.31. The minimum absolute atomic E-state index is 0.266. The number of amides is 1. The highest BCUT2D eigenvalue weighted by atomic mass is 16.5. The number of hydrazone groups is 1. The van der Waals surface area contributed by atoms with Gasteiger partial charge in [-0.05, 0) is 61.9 Å². The van der Waals surface area contributed by atoms with E-state index < -0.39 is 0 Å². The van der Waals surface area contributed by atoms with Gasteiger partial charge in [-0.2, -0.15) is 5.10 Å². The highest BCUT2D eigenvalue weighted by molar-refractivity contribution is 6.01. The van der Waals surface area contributed by atoms with Gasteiger partial charge in [0.2, 0.25) is 0 Å². The molecule has 0 aliphatic carbocycles. The first-order chi connectivity index (χ1) is 15.6. The number of ether oxygens (including phenoxy) is 2. The number of para-hydroxylation sites is 1. The molecule has 32 heavy (non-hydrogen) atoms. The molecule has 1 aromatic heterocycles. The predicted octanol–water partition coefficient (Wildman–Crippen LogP) is 5.22. The third kappa shape index (κ3) is 4.98. The standard InChI is InChI=1S/C26H25N3O3/c1-3-31-21-12-14-22(15-13-21)32-17-19-8-10-20(11-9-19)26(30)29-27-16-24-18(2)28-25-7-5-4-6-23(24)25/h4-16,28H,3,17H2,1-2H3,(H,29,30). The molecule has 2 N–H and O–H groups in total. The van der Waals surface area contributed by atoms with E-state index in [0.717, 1.165) is 39.2 Å². The van der Waals surface area contributed by atoms with Crippen molar-refractivity contribution in [3.8, 4) is 11.5 Å². The Morgan fingerprint density at radius 2 is 1.66 bits per heavy atom. The van der Waals surface area contributed by atoms with Crippen molar-refractivity contribution in [1.82, 2.24) is 10.4 Å². The van der Waals surface area contributed by atoms with Crippen molar-refractivity contribution in [3.63, 3.8) is 0 Å². The minimum Gasteiger partial charge on any atom is -0.494 e. The molecule has 4 aromatic rings. The number of carbonyl (C=O) groups excluding carboxylic acids is 1. The summed E-state index contributed by atoms with van der Waals surface area (Å²) in [5.41, 5.74) is 7.10. The van der Waals surface area contributed by atoms with Crippen LogP contribution >= 0.6 is 0 Å². The molecule has 0 bridgehead atoms. The van der Waals surface area contributed by atoms with E-state index in [0.29, 0.717) is 18.8 Å². The van der Waals surface area contributed by atoms with Gasteiger partial charge in [-0.1, -0.05) is 30.3 Å². The maximum atomic E-state index is 12.4. The zero-order valence-electron chi connectivity index (χ0n) is 18.1. The lowest BCUT2D eigenvalue weighted by Gasteiger charge is -2.08. The van der Waals surface area contributed by atoms with E-state index in [1.54, 1.807) is 18.3 Å². The molecule has 0 unspecified atom stereocenters. The fourth-order valence-corrected chi connectivity index (χ4v) is 3.40. The molecule has 0 fully saturated rings. The summed E-state index contributed by atoms with van der Waals surface area (Å²) >= 11 is 0. The van der Waals surface area contributed by atoms with E-state index in [1.165, 1.54) is 0 Å². The van der Waals surface area contributed by atoms with Crippen LogP contribution in [0, 0.1) is 6.92 Å². The molecule has 0 aliphatic heterocycles. The highest BCUT2D eigenvalue weighted by Gasteiger charge is 2.07. The summed E-state index contributed by atoms with van der Waals surface area (Å²) in [6, 6.07) is 22.8. The molecule has 0 saturated heterocycles. The lowest BCUT2D eigenvalue weighted by molar-refractivity contribution is 0.0955. The monoisotopic (exact) mass is 427 g/mol. The minimum atomic E-state index is -0.266. The van der Waals surface area contributed by atoms with Crippen molar-refractivity contribution in [2.75, 3.05) is 6.61 Å². The molecule has 3 aromatic carbocycles. The molecular weight excluding hydrogens is 402 g/mol. The Morgan fingerprint density at radius 3 is 2.38 bits per heavy atom. The van der Waals surface area contributed by atoms with Crippen molar-refractivity contribution in [3.05, 3.63) is 95.2 Å². The van der Waals surface area contributed by atoms with E-state index in [4.69, 9.17) is 9.47 Å². The average molecular weight is 428 g/mol. The second-order valence-corrected chi connectivity index (χ2v) is 7.30. The maximum Gasteiger partial charge on any atom is 0.271 e. The molecular formula is C26H25N3O3. The lowest BCUT2D eigenvalue weighted by atomic mass is 10.1. The number of nitrogens with one attached hydrogen (secondary N) is 2. The number of benzene rings is 3. The number of hydrogen-bond donors (Lipinski definition) is 2. The normalized spacial score (nSPS) is 11.1. The van der Waals surface area contributed by atoms with Crippen molar-refractivity contribution < 1.29 is 14.3 Å². The summed E-state index contributed by atoms with van der Waals surface area (Å²) < 4.78 is 11.2. The van der Waals surface area contributed by atoms with Crippen LogP contribution in [0.5, 0.6) is 11.5 Å². The second kappa shape index (κ2) is 9.83. The van der Waals surface area contributed by atoms with Crippen LogP contribution in [-0.2, 0) is 6.61 Å². The van der Waals surface area contributed by atoms with Gasteiger partial charge in [-0.3, -0.25) is 4.79 Å². The molecule has 0 radical (unpaired) electrons. The van der Waals surface area contributed by atoms with Gasteiger partial charge in [0.15, 0.2) is 0 Å². The van der Waals surface area contributed by atoms with Crippen LogP contribution in [0.4, 0.5) is 0 Å². The molecule has 4 rings (SSSR count). The fourth-order valence-electron chi connectivity index (χ4n) is 3.40. The van der Waals surface area contributed by atoms with Crippen LogP contribution in [0.15, 0.2) is 77.9 Å². The first kappa shape index (κ1) is 21.2. The van der Waals surface area contributed by atoms with Crippen LogP contribution < -0.4 is 14.9 Å². The molecule has 0 atom stereocenters. The third-order valence-electron chi connectivity index (χ3n) is 5.06. The number of fused-ring (bicyclic) bond motifs is 1. The van der Waals surface area contributed by atoms with Crippen molar-refractivity contribution in [2.24, 2.45) is 5.10 Å². The molecule has 0 saturated carbocycles. The van der Waals surface area contributed by atoms with Gasteiger partial charge in [-0.25, -0.2) is 5.43 Å². The molecule has 1 amide bonds. The Bertz CT molecular complexity index is 1230. The zero-order valence-corrected chi connectivity index (χ0v) is 18.1. The lowest BCUT2D eigenvalue weighted by Crippen LogP contribution is -2.17. The van der Waals surface area contributed by atoms with Crippen molar-refractivity contribution in [1.29, 1.82) is 0 Å². The quantitative estimate of drug-likeness (QED) is 0.299. The van der Waals surface area contributed by atoms with Gasteiger partial charge >= 0.3 is 0 Å². The van der Waals surface area contributed by atoms with Gasteiger partial charge < -0.3 is 14.5 Å². The van der Waals surface area contributed by atoms with Gasteiger partial charge in [0.1, 0.15) is 18.1 Å². The number of aryl methyl sites for hydroxylation is 1. The van der Waals surface area contributed by atoms with E-state index in [1.807, 2.05) is 74.5 Å². The van der Waals surface area contributed by atoms with E-state index in [2.05, 4.69) is 15.5 Å². The molecule has 0 aliphatic rings. The topological polar surface area (TPSA) is 75.7 Å². The van der Waals surface area contributed by atoms with Crippen LogP contribution in [0.3, 0.4) is 0 Å². The summed E-state index contributed by atoms with van der Waals surface area (Å²) in [6.07, 6.45) is 1.67. The Kier molecular flexibility index (Phi) is 6.51. The van der Waals surface area contributed by atoms with E-state index in [9.17, 15) is 4.79 Å². The summed E-state index contributed by atoms with van der Waals surface area (Å²) in [6.45, 7) is 4.98. The smallest absolute Gasteiger partial charge is 0.271 e. The Morgan fingerprint density at radius 1 is 0.969 bits per heavy atom. The van der Waals surface area contributed by atoms with Gasteiger partial charge in [0, 0.05) is 27.7 Å². The van der Waals surface area contributed by atoms with Crippen LogP contribution in [0.25, 0.3) is 10.9 Å². The second-order valence-electron chi connectivity index (χ2n) is 7.30.